The van der Waals surface area contributed by atoms with Crippen molar-refractivity contribution in [3.8, 4) is 0 Å². The van der Waals surface area contributed by atoms with Crippen molar-refractivity contribution in [2.75, 3.05) is 11.9 Å². The van der Waals surface area contributed by atoms with Crippen molar-refractivity contribution in [1.29, 1.82) is 0 Å². The molecule has 126 valence electrons. The number of carbonyl (C=O) groups is 2. The maximum absolute atomic E-state index is 12.2. The van der Waals surface area contributed by atoms with Crippen LogP contribution in [-0.4, -0.2) is 18.5 Å². The molecular weight excluding hydrogens is 390 g/mol. The van der Waals surface area contributed by atoms with E-state index in [1.807, 2.05) is 38.1 Å². The van der Waals surface area contributed by atoms with Gasteiger partial charge in [-0.25, -0.2) is 4.79 Å². The fourth-order valence-corrected chi connectivity index (χ4v) is 3.38. The van der Waals surface area contributed by atoms with E-state index in [-0.39, 0.29) is 5.91 Å². The molecule has 1 heterocycles. The number of esters is 1. The molecule has 0 spiro atoms. The first-order valence-electron chi connectivity index (χ1n) is 7.44. The van der Waals surface area contributed by atoms with Gasteiger partial charge >= 0.3 is 5.97 Å². The molecule has 2 rings (SSSR count). The van der Waals surface area contributed by atoms with Crippen molar-refractivity contribution < 1.29 is 14.3 Å². The van der Waals surface area contributed by atoms with E-state index < -0.39 is 5.97 Å². The number of benzene rings is 1. The number of hydrogen-bond acceptors (Lipinski definition) is 4. The lowest BCUT2D eigenvalue weighted by Gasteiger charge is -2.05. The van der Waals surface area contributed by atoms with E-state index in [2.05, 4.69) is 21.2 Å². The Morgan fingerprint density at radius 1 is 1.25 bits per heavy atom. The minimum absolute atomic E-state index is 0.287. The minimum Gasteiger partial charge on any atom is -0.462 e. The Balaban J connectivity index is 2.15. The fourth-order valence-electron chi connectivity index (χ4n) is 2.06. The molecule has 0 aliphatic carbocycles. The molecule has 0 radical (unpaired) electrons. The van der Waals surface area contributed by atoms with E-state index in [0.717, 1.165) is 20.5 Å². The smallest absolute Gasteiger partial charge is 0.341 e. The fraction of sp³-hybridized carbons (Fsp3) is 0.222. The molecule has 1 amide bonds. The number of hydrogen-bond donors (Lipinski definition) is 1. The van der Waals surface area contributed by atoms with Gasteiger partial charge in [-0.3, -0.25) is 4.79 Å². The number of ether oxygens (including phenoxy) is 1. The Morgan fingerprint density at radius 2 is 1.92 bits per heavy atom. The van der Waals surface area contributed by atoms with Crippen molar-refractivity contribution in [1.82, 2.24) is 0 Å². The molecule has 0 atom stereocenters. The molecule has 6 heteroatoms. The average Bonchev–Trinajstić information content (AvgIpc) is 2.81. The third-order valence-electron chi connectivity index (χ3n) is 3.40. The molecule has 2 aromatic rings. The van der Waals surface area contributed by atoms with Gasteiger partial charge in [0, 0.05) is 15.4 Å². The van der Waals surface area contributed by atoms with Crippen LogP contribution >= 0.6 is 27.3 Å². The molecule has 0 saturated carbocycles. The highest BCUT2D eigenvalue weighted by molar-refractivity contribution is 9.10. The Hall–Kier alpha value is -1.92. The second-order valence-corrected chi connectivity index (χ2v) is 7.22. The van der Waals surface area contributed by atoms with E-state index in [1.165, 1.54) is 17.4 Å². The van der Waals surface area contributed by atoms with Gasteiger partial charge in [-0.05, 0) is 50.1 Å². The molecular formula is C18H18BrNO3S. The molecule has 1 N–H and O–H groups in total. The SMILES string of the molecule is CCOC(=O)c1c(NC(=O)C=Cc2ccc(Br)cc2)sc(C)c1C. The van der Waals surface area contributed by atoms with Gasteiger partial charge < -0.3 is 10.1 Å². The van der Waals surface area contributed by atoms with Crippen LogP contribution in [-0.2, 0) is 9.53 Å². The van der Waals surface area contributed by atoms with Crippen molar-refractivity contribution in [2.45, 2.75) is 20.8 Å². The zero-order chi connectivity index (χ0) is 17.7. The highest BCUT2D eigenvalue weighted by atomic mass is 79.9. The van der Waals surface area contributed by atoms with Gasteiger partial charge in [0.1, 0.15) is 5.00 Å². The summed E-state index contributed by atoms with van der Waals surface area (Å²) in [5, 5.41) is 3.30. The van der Waals surface area contributed by atoms with E-state index in [0.29, 0.717) is 17.2 Å². The lowest BCUT2D eigenvalue weighted by Crippen LogP contribution is -2.12. The Bertz CT molecular complexity index is 778. The van der Waals surface area contributed by atoms with E-state index in [4.69, 9.17) is 4.74 Å². The largest absolute Gasteiger partial charge is 0.462 e. The van der Waals surface area contributed by atoms with Crippen LogP contribution in [0.2, 0.25) is 0 Å². The molecule has 1 aromatic heterocycles. The quantitative estimate of drug-likeness (QED) is 0.562. The van der Waals surface area contributed by atoms with Crippen LogP contribution in [0.4, 0.5) is 5.00 Å². The van der Waals surface area contributed by atoms with Crippen molar-refractivity contribution in [3.63, 3.8) is 0 Å². The van der Waals surface area contributed by atoms with Crippen LogP contribution in [0.5, 0.6) is 0 Å². The van der Waals surface area contributed by atoms with Crippen LogP contribution in [0.15, 0.2) is 34.8 Å². The Morgan fingerprint density at radius 3 is 2.54 bits per heavy atom. The molecule has 0 unspecified atom stereocenters. The van der Waals surface area contributed by atoms with Crippen LogP contribution < -0.4 is 5.32 Å². The first-order chi connectivity index (χ1) is 11.4. The summed E-state index contributed by atoms with van der Waals surface area (Å²) in [5.41, 5.74) is 2.19. The Labute approximate surface area is 153 Å². The number of aryl methyl sites for hydroxylation is 1. The number of amides is 1. The summed E-state index contributed by atoms with van der Waals surface area (Å²) in [6.45, 7) is 5.82. The molecule has 0 bridgehead atoms. The zero-order valence-electron chi connectivity index (χ0n) is 13.7. The first-order valence-corrected chi connectivity index (χ1v) is 9.05. The summed E-state index contributed by atoms with van der Waals surface area (Å²) in [4.78, 5) is 25.2. The third kappa shape index (κ3) is 4.55. The lowest BCUT2D eigenvalue weighted by molar-refractivity contribution is -0.111. The topological polar surface area (TPSA) is 55.4 Å². The van der Waals surface area contributed by atoms with Crippen molar-refractivity contribution in [2.24, 2.45) is 0 Å². The van der Waals surface area contributed by atoms with Gasteiger partial charge in [0.25, 0.3) is 0 Å². The average molecular weight is 408 g/mol. The minimum atomic E-state index is -0.411. The predicted octanol–water partition coefficient (Wildman–Crippen LogP) is 4.96. The lowest BCUT2D eigenvalue weighted by atomic mass is 10.1. The standard InChI is InChI=1S/C18H18BrNO3S/c1-4-23-18(22)16-11(2)12(3)24-17(16)20-15(21)10-7-13-5-8-14(19)9-6-13/h5-10H,4H2,1-3H3,(H,20,21). The predicted molar refractivity (Wildman–Crippen MR) is 102 cm³/mol. The second-order valence-electron chi connectivity index (χ2n) is 5.08. The van der Waals surface area contributed by atoms with Gasteiger partial charge in [0.15, 0.2) is 0 Å². The van der Waals surface area contributed by atoms with Crippen molar-refractivity contribution in [3.05, 3.63) is 56.4 Å². The van der Waals surface area contributed by atoms with E-state index >= 15 is 0 Å². The maximum Gasteiger partial charge on any atom is 0.341 e. The van der Waals surface area contributed by atoms with E-state index in [1.54, 1.807) is 13.0 Å². The summed E-state index contributed by atoms with van der Waals surface area (Å²) < 4.78 is 6.06. The van der Waals surface area contributed by atoms with Crippen LogP contribution in [0, 0.1) is 13.8 Å². The van der Waals surface area contributed by atoms with E-state index in [9.17, 15) is 9.59 Å². The molecule has 0 aliphatic rings. The van der Waals surface area contributed by atoms with Crippen molar-refractivity contribution >= 4 is 50.2 Å². The molecule has 0 saturated heterocycles. The number of rotatable bonds is 5. The molecule has 24 heavy (non-hydrogen) atoms. The molecule has 0 fully saturated rings. The molecule has 1 aromatic carbocycles. The zero-order valence-corrected chi connectivity index (χ0v) is 16.1. The number of halogens is 1. The van der Waals surface area contributed by atoms with Crippen LogP contribution in [0.25, 0.3) is 6.08 Å². The number of anilines is 1. The van der Waals surface area contributed by atoms with Gasteiger partial charge in [-0.1, -0.05) is 28.1 Å². The Kier molecular flexibility index (Phi) is 6.34. The van der Waals surface area contributed by atoms with Gasteiger partial charge in [-0.15, -0.1) is 11.3 Å². The van der Waals surface area contributed by atoms with Gasteiger partial charge in [0.2, 0.25) is 5.91 Å². The van der Waals surface area contributed by atoms with Crippen LogP contribution in [0.1, 0.15) is 33.3 Å². The maximum atomic E-state index is 12.2. The summed E-state index contributed by atoms with van der Waals surface area (Å²) in [6, 6.07) is 7.61. The summed E-state index contributed by atoms with van der Waals surface area (Å²) in [5.74, 6) is -0.698. The highest BCUT2D eigenvalue weighted by Crippen LogP contribution is 2.33. The number of thiophene rings is 1. The van der Waals surface area contributed by atoms with Gasteiger partial charge in [0.05, 0.1) is 12.2 Å². The second kappa shape index (κ2) is 8.26. The number of nitrogens with one attached hydrogen (secondary N) is 1. The molecule has 4 nitrogen and oxygen atoms in total. The monoisotopic (exact) mass is 407 g/mol. The third-order valence-corrected chi connectivity index (χ3v) is 5.05. The summed E-state index contributed by atoms with van der Waals surface area (Å²) in [7, 11) is 0. The number of carbonyl (C=O) groups excluding carboxylic acids is 2. The summed E-state index contributed by atoms with van der Waals surface area (Å²) >= 11 is 4.74. The normalized spacial score (nSPS) is 10.8. The van der Waals surface area contributed by atoms with Gasteiger partial charge in [-0.2, -0.15) is 0 Å². The summed E-state index contributed by atoms with van der Waals surface area (Å²) in [6.07, 6.45) is 3.17. The van der Waals surface area contributed by atoms with Crippen LogP contribution in [0.3, 0.4) is 0 Å². The first kappa shape index (κ1) is 18.4. The highest BCUT2D eigenvalue weighted by Gasteiger charge is 2.21. The molecule has 0 aliphatic heterocycles.